The zero-order valence-corrected chi connectivity index (χ0v) is 11.7. The molecule has 0 saturated carbocycles. The van der Waals surface area contributed by atoms with Gasteiger partial charge in [-0.1, -0.05) is 13.8 Å². The molecule has 0 bridgehead atoms. The van der Waals surface area contributed by atoms with Crippen molar-refractivity contribution in [1.29, 1.82) is 0 Å². The molecule has 0 fully saturated rings. The van der Waals surface area contributed by atoms with E-state index in [2.05, 4.69) is 26.2 Å². The predicted molar refractivity (Wildman–Crippen MR) is 69.9 cm³/mol. The van der Waals surface area contributed by atoms with Crippen molar-refractivity contribution in [3.63, 3.8) is 0 Å². The predicted octanol–water partition coefficient (Wildman–Crippen LogP) is 2.53. The van der Waals surface area contributed by atoms with E-state index >= 15 is 0 Å². The normalized spacial score (nSPS) is 10.4. The molecule has 4 nitrogen and oxygen atoms in total. The third-order valence-electron chi connectivity index (χ3n) is 2.40. The first-order chi connectivity index (χ1) is 8.15. The summed E-state index contributed by atoms with van der Waals surface area (Å²) in [6.07, 6.45) is 5.10. The number of pyridine rings is 1. The van der Waals surface area contributed by atoms with E-state index in [1.165, 1.54) is 0 Å². The number of rotatable bonds is 6. The number of halogens is 1. The number of aromatic nitrogens is 1. The Hall–Kier alpha value is -1.10. The number of hydrogen-bond donors (Lipinski definition) is 1. The van der Waals surface area contributed by atoms with E-state index in [0.717, 1.165) is 17.3 Å². The first-order valence-electron chi connectivity index (χ1n) is 5.68. The van der Waals surface area contributed by atoms with Gasteiger partial charge in [-0.3, -0.25) is 9.78 Å². The molecular weight excluding hydrogens is 284 g/mol. The van der Waals surface area contributed by atoms with E-state index in [9.17, 15) is 4.79 Å². The quantitative estimate of drug-likeness (QED) is 0.878. The Morgan fingerprint density at radius 3 is 2.76 bits per heavy atom. The van der Waals surface area contributed by atoms with Gasteiger partial charge in [-0.15, -0.1) is 0 Å². The highest BCUT2D eigenvalue weighted by atomic mass is 79.9. The van der Waals surface area contributed by atoms with Gasteiger partial charge in [-0.25, -0.2) is 0 Å². The van der Waals surface area contributed by atoms with Gasteiger partial charge in [0, 0.05) is 16.7 Å². The fourth-order valence-corrected chi connectivity index (χ4v) is 1.73. The van der Waals surface area contributed by atoms with Gasteiger partial charge in [0.15, 0.2) is 6.61 Å². The third-order valence-corrected chi connectivity index (χ3v) is 2.83. The van der Waals surface area contributed by atoms with E-state index in [4.69, 9.17) is 4.74 Å². The Morgan fingerprint density at radius 1 is 1.47 bits per heavy atom. The van der Waals surface area contributed by atoms with E-state index < -0.39 is 0 Å². The number of nitrogens with zero attached hydrogens (tertiary/aromatic N) is 1. The summed E-state index contributed by atoms with van der Waals surface area (Å²) < 4.78 is 6.16. The van der Waals surface area contributed by atoms with Gasteiger partial charge >= 0.3 is 0 Å². The summed E-state index contributed by atoms with van der Waals surface area (Å²) in [7, 11) is 0. The fourth-order valence-electron chi connectivity index (χ4n) is 1.38. The number of carbonyl (C=O) groups is 1. The summed E-state index contributed by atoms with van der Waals surface area (Å²) in [6, 6.07) is 2.00. The molecule has 0 aliphatic heterocycles. The monoisotopic (exact) mass is 300 g/mol. The molecule has 0 radical (unpaired) electrons. The molecule has 0 atom stereocenters. The van der Waals surface area contributed by atoms with Crippen molar-refractivity contribution < 1.29 is 9.53 Å². The summed E-state index contributed by atoms with van der Waals surface area (Å²) in [5.74, 6) is 0.484. The van der Waals surface area contributed by atoms with Crippen LogP contribution in [-0.2, 0) is 4.79 Å². The van der Waals surface area contributed by atoms with Crippen LogP contribution in [0.3, 0.4) is 0 Å². The number of hydrogen-bond acceptors (Lipinski definition) is 3. The maximum absolute atomic E-state index is 11.6. The van der Waals surface area contributed by atoms with Crippen LogP contribution in [0.25, 0.3) is 0 Å². The van der Waals surface area contributed by atoms with Gasteiger partial charge in [0.2, 0.25) is 0 Å². The standard InChI is InChI=1S/C12H17BrN2O2/c1-3-10(4-2)15-12(16)8-17-11-5-9(13)6-14-7-11/h5-7,10H,3-4,8H2,1-2H3,(H,15,16). The lowest BCUT2D eigenvalue weighted by molar-refractivity contribution is -0.123. The van der Waals surface area contributed by atoms with Crippen molar-refractivity contribution in [1.82, 2.24) is 10.3 Å². The minimum Gasteiger partial charge on any atom is -0.482 e. The van der Waals surface area contributed by atoms with Crippen molar-refractivity contribution in [2.45, 2.75) is 32.7 Å². The fraction of sp³-hybridized carbons (Fsp3) is 0.500. The van der Waals surface area contributed by atoms with Crippen LogP contribution >= 0.6 is 15.9 Å². The number of amides is 1. The topological polar surface area (TPSA) is 51.2 Å². The second-order valence-corrected chi connectivity index (χ2v) is 4.62. The maximum atomic E-state index is 11.6. The molecule has 17 heavy (non-hydrogen) atoms. The van der Waals surface area contributed by atoms with Crippen LogP contribution < -0.4 is 10.1 Å². The molecule has 1 amide bonds. The lowest BCUT2D eigenvalue weighted by Gasteiger charge is -2.14. The molecule has 1 aromatic rings. The lowest BCUT2D eigenvalue weighted by Crippen LogP contribution is -2.37. The number of ether oxygens (including phenoxy) is 1. The van der Waals surface area contributed by atoms with Crippen LogP contribution in [0.1, 0.15) is 26.7 Å². The Labute approximate surface area is 110 Å². The van der Waals surface area contributed by atoms with Crippen LogP contribution in [0.5, 0.6) is 5.75 Å². The van der Waals surface area contributed by atoms with E-state index in [-0.39, 0.29) is 18.6 Å². The molecule has 1 aromatic heterocycles. The molecule has 0 aliphatic carbocycles. The molecule has 0 aliphatic rings. The number of carbonyl (C=O) groups excluding carboxylic acids is 1. The molecular formula is C12H17BrN2O2. The molecule has 0 unspecified atom stereocenters. The van der Waals surface area contributed by atoms with Gasteiger partial charge in [0.25, 0.3) is 5.91 Å². The summed E-state index contributed by atoms with van der Waals surface area (Å²) in [4.78, 5) is 15.5. The third kappa shape index (κ3) is 5.17. The molecule has 1 N–H and O–H groups in total. The van der Waals surface area contributed by atoms with Crippen LogP contribution in [0.2, 0.25) is 0 Å². The van der Waals surface area contributed by atoms with E-state index in [1.807, 2.05) is 13.8 Å². The minimum atomic E-state index is -0.0984. The highest BCUT2D eigenvalue weighted by Gasteiger charge is 2.08. The van der Waals surface area contributed by atoms with Crippen molar-refractivity contribution in [3.05, 3.63) is 22.9 Å². The van der Waals surface area contributed by atoms with Gasteiger partial charge in [0.05, 0.1) is 6.20 Å². The Kier molecular flexibility index (Phi) is 5.97. The Morgan fingerprint density at radius 2 is 2.18 bits per heavy atom. The largest absolute Gasteiger partial charge is 0.482 e. The number of nitrogens with one attached hydrogen (secondary N) is 1. The van der Waals surface area contributed by atoms with Crippen molar-refractivity contribution >= 4 is 21.8 Å². The van der Waals surface area contributed by atoms with Crippen LogP contribution in [0.4, 0.5) is 0 Å². The zero-order chi connectivity index (χ0) is 12.7. The Balaban J connectivity index is 2.38. The molecule has 1 heterocycles. The maximum Gasteiger partial charge on any atom is 0.258 e. The smallest absolute Gasteiger partial charge is 0.258 e. The van der Waals surface area contributed by atoms with E-state index in [1.54, 1.807) is 18.5 Å². The summed E-state index contributed by atoms with van der Waals surface area (Å²) in [5, 5.41) is 2.91. The van der Waals surface area contributed by atoms with Crippen molar-refractivity contribution in [2.75, 3.05) is 6.61 Å². The molecule has 1 rings (SSSR count). The zero-order valence-electron chi connectivity index (χ0n) is 10.1. The first kappa shape index (κ1) is 14.0. The average Bonchev–Trinajstić information content (AvgIpc) is 2.33. The summed E-state index contributed by atoms with van der Waals surface area (Å²) in [6.45, 7) is 4.12. The van der Waals surface area contributed by atoms with Crippen LogP contribution in [-0.4, -0.2) is 23.5 Å². The second-order valence-electron chi connectivity index (χ2n) is 3.71. The van der Waals surface area contributed by atoms with E-state index in [0.29, 0.717) is 5.75 Å². The first-order valence-corrected chi connectivity index (χ1v) is 6.47. The van der Waals surface area contributed by atoms with Gasteiger partial charge in [-0.05, 0) is 34.8 Å². The second kappa shape index (κ2) is 7.27. The molecule has 0 aromatic carbocycles. The molecule has 0 saturated heterocycles. The molecule has 5 heteroatoms. The minimum absolute atomic E-state index is 0.0225. The van der Waals surface area contributed by atoms with Gasteiger partial charge in [-0.2, -0.15) is 0 Å². The van der Waals surface area contributed by atoms with Gasteiger partial charge in [0.1, 0.15) is 5.75 Å². The molecule has 94 valence electrons. The van der Waals surface area contributed by atoms with Crippen LogP contribution in [0.15, 0.2) is 22.9 Å². The highest BCUT2D eigenvalue weighted by molar-refractivity contribution is 9.10. The van der Waals surface area contributed by atoms with Crippen molar-refractivity contribution in [3.8, 4) is 5.75 Å². The SMILES string of the molecule is CCC(CC)NC(=O)COc1cncc(Br)c1. The van der Waals surface area contributed by atoms with Crippen LogP contribution in [0, 0.1) is 0 Å². The molecule has 0 spiro atoms. The summed E-state index contributed by atoms with van der Waals surface area (Å²) in [5.41, 5.74) is 0. The highest BCUT2D eigenvalue weighted by Crippen LogP contribution is 2.15. The summed E-state index contributed by atoms with van der Waals surface area (Å²) >= 11 is 3.29. The average molecular weight is 301 g/mol. The van der Waals surface area contributed by atoms with Gasteiger partial charge < -0.3 is 10.1 Å². The Bertz CT molecular complexity index is 367. The van der Waals surface area contributed by atoms with Crippen molar-refractivity contribution in [2.24, 2.45) is 0 Å². The lowest BCUT2D eigenvalue weighted by atomic mass is 10.2.